The number of rotatable bonds is 7. The Bertz CT molecular complexity index is 210. The molecule has 2 unspecified atom stereocenters. The zero-order chi connectivity index (χ0) is 13.5. The Morgan fingerprint density at radius 1 is 1.00 bits per heavy atom. The van der Waals surface area contributed by atoms with E-state index in [1.807, 2.05) is 0 Å². The zero-order valence-electron chi connectivity index (χ0n) is 13.1. The van der Waals surface area contributed by atoms with E-state index in [1.54, 1.807) is 0 Å². The molecule has 0 aromatic heterocycles. The van der Waals surface area contributed by atoms with Crippen LogP contribution in [-0.2, 0) is 0 Å². The highest BCUT2D eigenvalue weighted by molar-refractivity contribution is 4.80. The van der Waals surface area contributed by atoms with Gasteiger partial charge in [0.1, 0.15) is 0 Å². The number of hydrogen-bond donors (Lipinski definition) is 1. The predicted molar refractivity (Wildman–Crippen MR) is 80.0 cm³/mol. The summed E-state index contributed by atoms with van der Waals surface area (Å²) in [5, 5.41) is 3.47. The van der Waals surface area contributed by atoms with Crippen molar-refractivity contribution in [2.75, 3.05) is 45.8 Å². The molecule has 0 amide bonds. The standard InChI is InChI=1S/C15H33N3/c1-6-16-11-14(4)15(5)18-9-7-17(8-10-18)12-13(2)3/h13-16H,6-12H2,1-5H3. The summed E-state index contributed by atoms with van der Waals surface area (Å²) in [5.41, 5.74) is 0. The molecular formula is C15H33N3. The average molecular weight is 255 g/mol. The summed E-state index contributed by atoms with van der Waals surface area (Å²) in [6.45, 7) is 20.0. The van der Waals surface area contributed by atoms with E-state index < -0.39 is 0 Å². The van der Waals surface area contributed by atoms with Gasteiger partial charge in [-0.2, -0.15) is 0 Å². The van der Waals surface area contributed by atoms with Gasteiger partial charge < -0.3 is 10.2 Å². The second-order valence-corrected chi connectivity index (χ2v) is 6.26. The lowest BCUT2D eigenvalue weighted by Crippen LogP contribution is -2.52. The van der Waals surface area contributed by atoms with E-state index in [0.717, 1.165) is 24.9 Å². The van der Waals surface area contributed by atoms with Gasteiger partial charge in [-0.3, -0.25) is 4.90 Å². The van der Waals surface area contributed by atoms with E-state index >= 15 is 0 Å². The van der Waals surface area contributed by atoms with Gasteiger partial charge in [-0.05, 0) is 31.8 Å². The molecule has 2 atom stereocenters. The molecule has 1 saturated heterocycles. The monoisotopic (exact) mass is 255 g/mol. The molecular weight excluding hydrogens is 222 g/mol. The summed E-state index contributed by atoms with van der Waals surface area (Å²) in [4.78, 5) is 5.28. The first-order chi connectivity index (χ1) is 8.54. The summed E-state index contributed by atoms with van der Waals surface area (Å²) >= 11 is 0. The molecule has 1 N–H and O–H groups in total. The van der Waals surface area contributed by atoms with Crippen LogP contribution < -0.4 is 5.32 Å². The van der Waals surface area contributed by atoms with Crippen LogP contribution in [0.4, 0.5) is 0 Å². The van der Waals surface area contributed by atoms with Crippen LogP contribution in [0.3, 0.4) is 0 Å². The van der Waals surface area contributed by atoms with Crippen molar-refractivity contribution in [3.8, 4) is 0 Å². The van der Waals surface area contributed by atoms with Crippen molar-refractivity contribution in [1.82, 2.24) is 15.1 Å². The molecule has 1 heterocycles. The maximum atomic E-state index is 3.47. The zero-order valence-corrected chi connectivity index (χ0v) is 13.1. The van der Waals surface area contributed by atoms with Crippen LogP contribution in [0.15, 0.2) is 0 Å². The summed E-state index contributed by atoms with van der Waals surface area (Å²) in [5.74, 6) is 1.53. The smallest absolute Gasteiger partial charge is 0.0113 e. The van der Waals surface area contributed by atoms with Crippen molar-refractivity contribution in [2.45, 2.75) is 40.7 Å². The maximum absolute atomic E-state index is 3.47. The van der Waals surface area contributed by atoms with Gasteiger partial charge in [-0.15, -0.1) is 0 Å². The molecule has 0 bridgehead atoms. The van der Waals surface area contributed by atoms with Crippen molar-refractivity contribution in [3.63, 3.8) is 0 Å². The fourth-order valence-electron chi connectivity index (χ4n) is 2.77. The molecule has 1 aliphatic rings. The Kier molecular flexibility index (Phi) is 7.20. The van der Waals surface area contributed by atoms with Crippen LogP contribution in [0.25, 0.3) is 0 Å². The number of nitrogens with zero attached hydrogens (tertiary/aromatic N) is 2. The van der Waals surface area contributed by atoms with Gasteiger partial charge in [-0.1, -0.05) is 27.7 Å². The molecule has 0 aromatic carbocycles. The van der Waals surface area contributed by atoms with E-state index in [0.29, 0.717) is 6.04 Å². The largest absolute Gasteiger partial charge is 0.317 e. The second kappa shape index (κ2) is 8.13. The molecule has 0 radical (unpaired) electrons. The van der Waals surface area contributed by atoms with Gasteiger partial charge in [0.15, 0.2) is 0 Å². The Morgan fingerprint density at radius 3 is 2.11 bits per heavy atom. The van der Waals surface area contributed by atoms with Crippen molar-refractivity contribution < 1.29 is 0 Å². The lowest BCUT2D eigenvalue weighted by atomic mass is 10.0. The van der Waals surface area contributed by atoms with Crippen molar-refractivity contribution in [1.29, 1.82) is 0 Å². The van der Waals surface area contributed by atoms with E-state index in [2.05, 4.69) is 49.7 Å². The fraction of sp³-hybridized carbons (Fsp3) is 1.00. The molecule has 0 aromatic rings. The Balaban J connectivity index is 2.28. The third kappa shape index (κ3) is 5.25. The minimum atomic E-state index is 0.699. The van der Waals surface area contributed by atoms with Gasteiger partial charge in [-0.25, -0.2) is 0 Å². The fourth-order valence-corrected chi connectivity index (χ4v) is 2.77. The number of nitrogens with one attached hydrogen (secondary N) is 1. The summed E-state index contributed by atoms with van der Waals surface area (Å²) in [7, 11) is 0. The minimum absolute atomic E-state index is 0.699. The lowest BCUT2D eigenvalue weighted by molar-refractivity contribution is 0.0749. The molecule has 1 rings (SSSR count). The lowest BCUT2D eigenvalue weighted by Gasteiger charge is -2.40. The van der Waals surface area contributed by atoms with E-state index in [9.17, 15) is 0 Å². The number of piperazine rings is 1. The third-order valence-corrected chi connectivity index (χ3v) is 4.15. The molecule has 3 heteroatoms. The van der Waals surface area contributed by atoms with Gasteiger partial charge in [0.05, 0.1) is 0 Å². The van der Waals surface area contributed by atoms with Crippen LogP contribution >= 0.6 is 0 Å². The van der Waals surface area contributed by atoms with Crippen LogP contribution in [0.5, 0.6) is 0 Å². The molecule has 0 aliphatic carbocycles. The Hall–Kier alpha value is -0.120. The average Bonchev–Trinajstić information content (AvgIpc) is 2.35. The second-order valence-electron chi connectivity index (χ2n) is 6.26. The van der Waals surface area contributed by atoms with Crippen molar-refractivity contribution in [2.24, 2.45) is 11.8 Å². The van der Waals surface area contributed by atoms with Crippen LogP contribution in [0.2, 0.25) is 0 Å². The molecule has 18 heavy (non-hydrogen) atoms. The first-order valence-electron chi connectivity index (χ1n) is 7.71. The van der Waals surface area contributed by atoms with Gasteiger partial charge >= 0.3 is 0 Å². The van der Waals surface area contributed by atoms with Crippen LogP contribution in [0.1, 0.15) is 34.6 Å². The molecule has 108 valence electrons. The van der Waals surface area contributed by atoms with Crippen LogP contribution in [0, 0.1) is 11.8 Å². The quantitative estimate of drug-likeness (QED) is 0.749. The summed E-state index contributed by atoms with van der Waals surface area (Å²) < 4.78 is 0. The third-order valence-electron chi connectivity index (χ3n) is 4.15. The Morgan fingerprint density at radius 2 is 1.61 bits per heavy atom. The van der Waals surface area contributed by atoms with E-state index in [4.69, 9.17) is 0 Å². The van der Waals surface area contributed by atoms with Gasteiger partial charge in [0.25, 0.3) is 0 Å². The first-order valence-corrected chi connectivity index (χ1v) is 7.71. The molecule has 1 fully saturated rings. The topological polar surface area (TPSA) is 18.5 Å². The molecule has 3 nitrogen and oxygen atoms in total. The SMILES string of the molecule is CCNCC(C)C(C)N1CCN(CC(C)C)CC1. The van der Waals surface area contributed by atoms with Gasteiger partial charge in [0.2, 0.25) is 0 Å². The van der Waals surface area contributed by atoms with Crippen LogP contribution in [-0.4, -0.2) is 61.7 Å². The minimum Gasteiger partial charge on any atom is -0.317 e. The number of hydrogen-bond acceptors (Lipinski definition) is 3. The summed E-state index contributed by atoms with van der Waals surface area (Å²) in [6.07, 6.45) is 0. The normalized spacial score (nSPS) is 22.3. The van der Waals surface area contributed by atoms with E-state index in [1.165, 1.54) is 32.7 Å². The maximum Gasteiger partial charge on any atom is 0.0113 e. The highest BCUT2D eigenvalue weighted by Crippen LogP contribution is 2.14. The Labute approximate surface area is 114 Å². The first kappa shape index (κ1) is 15.9. The highest BCUT2D eigenvalue weighted by Gasteiger charge is 2.24. The highest BCUT2D eigenvalue weighted by atomic mass is 15.3. The summed E-state index contributed by atoms with van der Waals surface area (Å²) in [6, 6.07) is 0.699. The van der Waals surface area contributed by atoms with E-state index in [-0.39, 0.29) is 0 Å². The van der Waals surface area contributed by atoms with Crippen molar-refractivity contribution in [3.05, 3.63) is 0 Å². The molecule has 0 spiro atoms. The van der Waals surface area contributed by atoms with Gasteiger partial charge in [0, 0.05) is 38.8 Å². The molecule has 1 aliphatic heterocycles. The predicted octanol–water partition coefficient (Wildman–Crippen LogP) is 1.89. The molecule has 0 saturated carbocycles. The van der Waals surface area contributed by atoms with Crippen molar-refractivity contribution >= 4 is 0 Å².